The minimum Gasteiger partial charge on any atom is -0.497 e. The summed E-state index contributed by atoms with van der Waals surface area (Å²) in [5.74, 6) is 2.07. The lowest BCUT2D eigenvalue weighted by atomic mass is 10.2. The van der Waals surface area contributed by atoms with Gasteiger partial charge >= 0.3 is 6.03 Å². The Morgan fingerprint density at radius 2 is 1.96 bits per heavy atom. The van der Waals surface area contributed by atoms with Gasteiger partial charge in [0, 0.05) is 11.8 Å². The molecule has 3 aromatic rings. The van der Waals surface area contributed by atoms with Gasteiger partial charge in [-0.15, -0.1) is 0 Å². The summed E-state index contributed by atoms with van der Waals surface area (Å²) >= 11 is 0. The molecule has 2 heterocycles. The number of amides is 2. The molecule has 0 spiro atoms. The molecule has 2 aromatic heterocycles. The lowest BCUT2D eigenvalue weighted by Crippen LogP contribution is -2.36. The zero-order chi connectivity index (χ0) is 17.6. The molecule has 1 unspecified atom stereocenters. The second-order valence-corrected chi connectivity index (χ2v) is 5.56. The van der Waals surface area contributed by atoms with Gasteiger partial charge in [0.25, 0.3) is 0 Å². The molecule has 6 heteroatoms. The van der Waals surface area contributed by atoms with Crippen LogP contribution in [0.5, 0.6) is 5.75 Å². The highest BCUT2D eigenvalue weighted by Gasteiger charge is 2.24. The Hall–Kier alpha value is -3.15. The lowest BCUT2D eigenvalue weighted by Gasteiger charge is -2.27. The number of carbonyl (C=O) groups is 1. The minimum absolute atomic E-state index is 0.256. The van der Waals surface area contributed by atoms with Gasteiger partial charge in [0.1, 0.15) is 17.3 Å². The Bertz CT molecular complexity index is 797. The predicted octanol–water partition coefficient (Wildman–Crippen LogP) is 4.68. The normalized spacial score (nSPS) is 11.8. The van der Waals surface area contributed by atoms with Gasteiger partial charge in [0.2, 0.25) is 0 Å². The number of anilines is 1. The molecule has 0 aliphatic rings. The van der Waals surface area contributed by atoms with Crippen LogP contribution >= 0.6 is 0 Å². The third-order valence-corrected chi connectivity index (χ3v) is 3.91. The topological polar surface area (TPSA) is 67.8 Å². The number of methoxy groups -OCH3 is 1. The number of ether oxygens (including phenoxy) is 1. The first kappa shape index (κ1) is 16.7. The first-order valence-electron chi connectivity index (χ1n) is 7.95. The van der Waals surface area contributed by atoms with E-state index in [4.69, 9.17) is 13.6 Å². The summed E-state index contributed by atoms with van der Waals surface area (Å²) in [5.41, 5.74) is 0.653. The highest BCUT2D eigenvalue weighted by molar-refractivity contribution is 5.89. The maximum atomic E-state index is 12.9. The van der Waals surface area contributed by atoms with Crippen molar-refractivity contribution < 1.29 is 18.4 Å². The number of nitrogens with zero attached hydrogens (tertiary/aromatic N) is 1. The van der Waals surface area contributed by atoms with Gasteiger partial charge in [-0.25, -0.2) is 4.79 Å². The lowest BCUT2D eigenvalue weighted by molar-refractivity contribution is 0.173. The molecule has 0 fully saturated rings. The van der Waals surface area contributed by atoms with Crippen LogP contribution in [-0.4, -0.2) is 18.0 Å². The van der Waals surface area contributed by atoms with Crippen LogP contribution < -0.4 is 10.1 Å². The van der Waals surface area contributed by atoms with Crippen LogP contribution in [0.3, 0.4) is 0 Å². The standard InChI is InChI=1S/C19H20N2O4/c1-14(18-9-5-11-25-18)21(13-17-8-4-10-24-17)19(22)20-15-6-3-7-16(12-15)23-2/h3-12,14H,13H2,1-2H3,(H,20,22). The zero-order valence-electron chi connectivity index (χ0n) is 14.1. The van der Waals surface area contributed by atoms with Crippen molar-refractivity contribution in [3.8, 4) is 5.75 Å². The van der Waals surface area contributed by atoms with Crippen LogP contribution in [-0.2, 0) is 6.54 Å². The summed E-state index contributed by atoms with van der Waals surface area (Å²) in [4.78, 5) is 14.5. The van der Waals surface area contributed by atoms with E-state index >= 15 is 0 Å². The molecule has 0 aliphatic carbocycles. The second-order valence-electron chi connectivity index (χ2n) is 5.56. The summed E-state index contributed by atoms with van der Waals surface area (Å²) in [7, 11) is 1.59. The van der Waals surface area contributed by atoms with Crippen molar-refractivity contribution in [2.24, 2.45) is 0 Å². The average Bonchev–Trinajstić information content (AvgIpc) is 3.33. The van der Waals surface area contributed by atoms with Crippen molar-refractivity contribution in [3.05, 3.63) is 72.6 Å². The molecule has 25 heavy (non-hydrogen) atoms. The van der Waals surface area contributed by atoms with Crippen molar-refractivity contribution in [3.63, 3.8) is 0 Å². The van der Waals surface area contributed by atoms with Crippen LogP contribution in [0, 0.1) is 0 Å². The maximum Gasteiger partial charge on any atom is 0.322 e. The van der Waals surface area contributed by atoms with E-state index in [1.54, 1.807) is 42.7 Å². The molecule has 0 saturated heterocycles. The number of rotatable bonds is 6. The third-order valence-electron chi connectivity index (χ3n) is 3.91. The van der Waals surface area contributed by atoms with Crippen molar-refractivity contribution in [2.45, 2.75) is 19.5 Å². The first-order valence-corrected chi connectivity index (χ1v) is 7.95. The molecular weight excluding hydrogens is 320 g/mol. The number of hydrogen-bond donors (Lipinski definition) is 1. The van der Waals surface area contributed by atoms with Gasteiger partial charge in [-0.3, -0.25) is 0 Å². The summed E-state index contributed by atoms with van der Waals surface area (Å²) in [6.45, 7) is 2.23. The molecule has 1 atom stereocenters. The zero-order valence-corrected chi connectivity index (χ0v) is 14.1. The molecule has 2 amide bonds. The number of urea groups is 1. The maximum absolute atomic E-state index is 12.9. The van der Waals surface area contributed by atoms with Gasteiger partial charge < -0.3 is 23.8 Å². The summed E-state index contributed by atoms with van der Waals surface area (Å²) < 4.78 is 16.0. The third kappa shape index (κ3) is 4.03. The smallest absolute Gasteiger partial charge is 0.322 e. The van der Waals surface area contributed by atoms with Gasteiger partial charge in [-0.05, 0) is 43.3 Å². The van der Waals surface area contributed by atoms with Crippen LogP contribution in [0.25, 0.3) is 0 Å². The Morgan fingerprint density at radius 3 is 2.64 bits per heavy atom. The van der Waals surface area contributed by atoms with Crippen LogP contribution in [0.15, 0.2) is 69.9 Å². The van der Waals surface area contributed by atoms with Crippen LogP contribution in [0.4, 0.5) is 10.5 Å². The van der Waals surface area contributed by atoms with Gasteiger partial charge in [-0.2, -0.15) is 0 Å². The largest absolute Gasteiger partial charge is 0.497 e. The van der Waals surface area contributed by atoms with Crippen LogP contribution in [0.1, 0.15) is 24.5 Å². The van der Waals surface area contributed by atoms with Gasteiger partial charge in [0.05, 0.1) is 32.2 Å². The van der Waals surface area contributed by atoms with E-state index in [9.17, 15) is 4.79 Å². The van der Waals surface area contributed by atoms with Crippen molar-refractivity contribution in [2.75, 3.05) is 12.4 Å². The monoisotopic (exact) mass is 340 g/mol. The summed E-state index contributed by atoms with van der Waals surface area (Å²) in [6.07, 6.45) is 3.18. The number of nitrogens with one attached hydrogen (secondary N) is 1. The van der Waals surface area contributed by atoms with E-state index in [0.717, 1.165) is 0 Å². The fourth-order valence-corrected chi connectivity index (χ4v) is 2.53. The van der Waals surface area contributed by atoms with E-state index in [-0.39, 0.29) is 12.1 Å². The molecular formula is C19H20N2O4. The van der Waals surface area contributed by atoms with Crippen LogP contribution in [0.2, 0.25) is 0 Å². The van der Waals surface area contributed by atoms with E-state index in [0.29, 0.717) is 29.5 Å². The Morgan fingerprint density at radius 1 is 1.16 bits per heavy atom. The molecule has 0 radical (unpaired) electrons. The fraction of sp³-hybridized carbons (Fsp3) is 0.211. The number of furan rings is 2. The van der Waals surface area contributed by atoms with Gasteiger partial charge in [0.15, 0.2) is 0 Å². The second kappa shape index (κ2) is 7.61. The molecule has 6 nitrogen and oxygen atoms in total. The van der Waals surface area contributed by atoms with E-state index < -0.39 is 0 Å². The average molecular weight is 340 g/mol. The molecule has 0 bridgehead atoms. The highest BCUT2D eigenvalue weighted by Crippen LogP contribution is 2.25. The number of hydrogen-bond acceptors (Lipinski definition) is 4. The van der Waals surface area contributed by atoms with Crippen molar-refractivity contribution >= 4 is 11.7 Å². The van der Waals surface area contributed by atoms with E-state index in [1.807, 2.05) is 37.3 Å². The Labute approximate surface area is 146 Å². The fourth-order valence-electron chi connectivity index (χ4n) is 2.53. The molecule has 130 valence electrons. The predicted molar refractivity (Wildman–Crippen MR) is 93.4 cm³/mol. The molecule has 0 aliphatic heterocycles. The SMILES string of the molecule is COc1cccc(NC(=O)N(Cc2ccco2)C(C)c2ccco2)c1. The molecule has 3 rings (SSSR count). The number of carbonyl (C=O) groups excluding carboxylic acids is 1. The molecule has 1 aromatic carbocycles. The highest BCUT2D eigenvalue weighted by atomic mass is 16.5. The minimum atomic E-state index is -0.259. The van der Waals surface area contributed by atoms with Gasteiger partial charge in [-0.1, -0.05) is 6.07 Å². The quantitative estimate of drug-likeness (QED) is 0.707. The Kier molecular flexibility index (Phi) is 5.09. The van der Waals surface area contributed by atoms with E-state index in [1.165, 1.54) is 0 Å². The Balaban J connectivity index is 1.80. The van der Waals surface area contributed by atoms with Crippen molar-refractivity contribution in [1.29, 1.82) is 0 Å². The molecule has 0 saturated carbocycles. The molecule has 1 N–H and O–H groups in total. The summed E-state index contributed by atoms with van der Waals surface area (Å²) in [5, 5.41) is 2.90. The summed E-state index contributed by atoms with van der Waals surface area (Å²) in [6, 6.07) is 14.0. The van der Waals surface area contributed by atoms with E-state index in [2.05, 4.69) is 5.32 Å². The van der Waals surface area contributed by atoms with Crippen molar-refractivity contribution in [1.82, 2.24) is 4.90 Å². The number of benzene rings is 1. The first-order chi connectivity index (χ1) is 12.2.